The highest BCUT2D eigenvalue weighted by Crippen LogP contribution is 2.32. The van der Waals surface area contributed by atoms with E-state index in [1.54, 1.807) is 0 Å². The number of hydrogen-bond donors (Lipinski definition) is 0. The highest BCUT2D eigenvalue weighted by atomic mass is 28.3. The maximum atomic E-state index is 7.12. The minimum Gasteiger partial charge on any atom is -0.410 e. The van der Waals surface area contributed by atoms with Gasteiger partial charge in [0.15, 0.2) is 0 Å². The van der Waals surface area contributed by atoms with E-state index in [0.29, 0.717) is 12.8 Å². The van der Waals surface area contributed by atoms with Crippen LogP contribution in [0, 0.1) is 0 Å². The SMILES string of the molecule is C=C[SiH](Cc1ccccc1)OC1CC(O[SiH](C=C)Cc2ccccc2)C(O[SiH](C=C)Cc2ccccc2)CC1O[SiH](C=C)Cc1ccccc1. The summed E-state index contributed by atoms with van der Waals surface area (Å²) in [7, 11) is -7.37. The molecule has 1 aliphatic carbocycles. The first kappa shape index (κ1) is 37.8. The summed E-state index contributed by atoms with van der Waals surface area (Å²) in [6, 6.07) is 45.9. The predicted molar refractivity (Wildman–Crippen MR) is 219 cm³/mol. The molecule has 0 aromatic heterocycles. The minimum absolute atomic E-state index is 0.141. The van der Waals surface area contributed by atoms with Gasteiger partial charge in [0.1, 0.15) is 0 Å². The van der Waals surface area contributed by atoms with E-state index in [9.17, 15) is 0 Å². The van der Waals surface area contributed by atoms with E-state index in [4.69, 9.17) is 17.7 Å². The Kier molecular flexibility index (Phi) is 15.4. The fourth-order valence-electron chi connectivity index (χ4n) is 6.67. The second-order valence-electron chi connectivity index (χ2n) is 13.0. The van der Waals surface area contributed by atoms with Crippen LogP contribution in [0.1, 0.15) is 35.1 Å². The van der Waals surface area contributed by atoms with Gasteiger partial charge in [0.2, 0.25) is 36.2 Å². The summed E-state index contributed by atoms with van der Waals surface area (Å²) in [6.45, 7) is 16.9. The molecule has 4 nitrogen and oxygen atoms in total. The zero-order chi connectivity index (χ0) is 35.0. The molecule has 0 amide bonds. The van der Waals surface area contributed by atoms with Crippen molar-refractivity contribution in [3.63, 3.8) is 0 Å². The molecule has 4 aromatic rings. The average Bonchev–Trinajstić information content (AvgIpc) is 3.16. The molecule has 5 rings (SSSR count). The van der Waals surface area contributed by atoms with Gasteiger partial charge in [-0.15, -0.1) is 26.3 Å². The molecule has 260 valence electrons. The van der Waals surface area contributed by atoms with Crippen LogP contribution in [0.2, 0.25) is 0 Å². The van der Waals surface area contributed by atoms with E-state index in [0.717, 1.165) is 24.2 Å². The third-order valence-corrected chi connectivity index (χ3v) is 17.7. The second-order valence-corrected chi connectivity index (χ2v) is 21.9. The first-order chi connectivity index (χ1) is 24.6. The molecule has 0 aliphatic heterocycles. The first-order valence-electron chi connectivity index (χ1n) is 17.8. The van der Waals surface area contributed by atoms with Crippen molar-refractivity contribution in [2.24, 2.45) is 0 Å². The van der Waals surface area contributed by atoms with Crippen molar-refractivity contribution in [2.75, 3.05) is 0 Å². The van der Waals surface area contributed by atoms with E-state index in [-0.39, 0.29) is 24.4 Å². The quantitative estimate of drug-likeness (QED) is 0.0899. The van der Waals surface area contributed by atoms with Crippen LogP contribution >= 0.6 is 0 Å². The molecule has 0 heterocycles. The van der Waals surface area contributed by atoms with Crippen LogP contribution in [0.25, 0.3) is 0 Å². The standard InChI is InChI=1S/C42H52O4Si4/c1-5-47(31-35-21-13-9-14-22-35)43-39-29-41(45-49(7-3)33-37-25-17-11-18-26-37)42(46-50(8-4)34-38-27-19-12-20-28-38)30-40(39)44-48(6-2)32-36-23-15-10-16-24-36/h5-28,39-42,47-50H,1-4,29-34H2. The first-order valence-corrected chi connectivity index (χ1v) is 25.7. The minimum atomic E-state index is -1.84. The zero-order valence-electron chi connectivity index (χ0n) is 29.2. The van der Waals surface area contributed by atoms with Crippen LogP contribution in [0.3, 0.4) is 0 Å². The summed E-state index contributed by atoms with van der Waals surface area (Å²) < 4.78 is 28.5. The number of hydrogen-bond acceptors (Lipinski definition) is 4. The lowest BCUT2D eigenvalue weighted by atomic mass is 9.90. The topological polar surface area (TPSA) is 36.9 Å². The van der Waals surface area contributed by atoms with E-state index in [1.165, 1.54) is 22.3 Å². The summed E-state index contributed by atoms with van der Waals surface area (Å²) in [5, 5.41) is 0. The van der Waals surface area contributed by atoms with Gasteiger partial charge in [0, 0.05) is 12.8 Å². The Bertz CT molecular complexity index is 1350. The molecule has 0 spiro atoms. The summed E-state index contributed by atoms with van der Waals surface area (Å²) in [5.74, 6) is 0. The van der Waals surface area contributed by atoms with Crippen molar-refractivity contribution in [3.05, 3.63) is 193 Å². The molecule has 1 fully saturated rings. The largest absolute Gasteiger partial charge is 0.410 e. The van der Waals surface area contributed by atoms with Crippen molar-refractivity contribution in [2.45, 2.75) is 61.4 Å². The van der Waals surface area contributed by atoms with Gasteiger partial charge in [-0.05, 0) is 46.4 Å². The molecule has 1 aliphatic rings. The molecule has 1 saturated carbocycles. The van der Waals surface area contributed by atoms with E-state index < -0.39 is 36.2 Å². The lowest BCUT2D eigenvalue weighted by molar-refractivity contribution is -0.0770. The Hall–Kier alpha value is -3.45. The second kappa shape index (κ2) is 20.4. The van der Waals surface area contributed by atoms with Crippen LogP contribution < -0.4 is 0 Å². The monoisotopic (exact) mass is 732 g/mol. The van der Waals surface area contributed by atoms with Crippen molar-refractivity contribution in [1.29, 1.82) is 0 Å². The Morgan fingerprint density at radius 3 is 0.760 bits per heavy atom. The van der Waals surface area contributed by atoms with Gasteiger partial charge in [-0.25, -0.2) is 0 Å². The summed E-state index contributed by atoms with van der Waals surface area (Å²) in [5.41, 5.74) is 13.3. The Morgan fingerprint density at radius 1 is 0.380 bits per heavy atom. The molecular formula is C42H52O4Si4. The molecular weight excluding hydrogens is 681 g/mol. The smallest absolute Gasteiger partial charge is 0.205 e. The van der Waals surface area contributed by atoms with Gasteiger partial charge in [0.05, 0.1) is 24.4 Å². The number of benzene rings is 4. The fourth-order valence-corrected chi connectivity index (χ4v) is 14.1. The predicted octanol–water partition coefficient (Wildman–Crippen LogP) is 7.24. The molecule has 4 aromatic carbocycles. The number of rotatable bonds is 20. The normalized spacial score (nSPS) is 21.3. The van der Waals surface area contributed by atoms with Crippen LogP contribution in [0.4, 0.5) is 0 Å². The molecule has 8 atom stereocenters. The lowest BCUT2D eigenvalue weighted by Gasteiger charge is -2.44. The van der Waals surface area contributed by atoms with E-state index in [2.05, 4.69) is 170 Å². The molecule has 8 unspecified atom stereocenters. The Labute approximate surface area is 306 Å². The van der Waals surface area contributed by atoms with Gasteiger partial charge in [-0.3, -0.25) is 0 Å². The van der Waals surface area contributed by atoms with Crippen molar-refractivity contribution in [1.82, 2.24) is 0 Å². The van der Waals surface area contributed by atoms with Crippen LogP contribution in [0.5, 0.6) is 0 Å². The van der Waals surface area contributed by atoms with E-state index >= 15 is 0 Å². The van der Waals surface area contributed by atoms with Gasteiger partial charge in [0.25, 0.3) is 0 Å². The van der Waals surface area contributed by atoms with Crippen LogP contribution in [-0.2, 0) is 41.9 Å². The van der Waals surface area contributed by atoms with Crippen molar-refractivity contribution >= 4 is 36.2 Å². The van der Waals surface area contributed by atoms with Gasteiger partial charge < -0.3 is 17.7 Å². The summed E-state index contributed by atoms with van der Waals surface area (Å²) in [6.07, 6.45) is 0.828. The maximum absolute atomic E-state index is 7.12. The molecule has 8 heteroatoms. The average molecular weight is 733 g/mol. The molecule has 0 N–H and O–H groups in total. The Balaban J connectivity index is 1.42. The highest BCUT2D eigenvalue weighted by Gasteiger charge is 2.42. The van der Waals surface area contributed by atoms with Gasteiger partial charge >= 0.3 is 0 Å². The Morgan fingerprint density at radius 2 is 0.580 bits per heavy atom. The highest BCUT2D eigenvalue weighted by molar-refractivity contribution is 6.58. The maximum Gasteiger partial charge on any atom is 0.205 e. The van der Waals surface area contributed by atoms with Gasteiger partial charge in [-0.1, -0.05) is 144 Å². The van der Waals surface area contributed by atoms with E-state index in [1.807, 2.05) is 0 Å². The fraction of sp³-hybridized carbons (Fsp3) is 0.238. The molecule has 0 saturated heterocycles. The third kappa shape index (κ3) is 11.8. The summed E-state index contributed by atoms with van der Waals surface area (Å²) in [4.78, 5) is 0. The molecule has 0 bridgehead atoms. The molecule has 0 radical (unpaired) electrons. The van der Waals surface area contributed by atoms with Gasteiger partial charge in [-0.2, -0.15) is 0 Å². The van der Waals surface area contributed by atoms with Crippen molar-refractivity contribution in [3.8, 4) is 0 Å². The van der Waals surface area contributed by atoms with Crippen LogP contribution in [0.15, 0.2) is 170 Å². The summed E-state index contributed by atoms with van der Waals surface area (Å²) >= 11 is 0. The zero-order valence-corrected chi connectivity index (χ0v) is 33.8. The third-order valence-electron chi connectivity index (χ3n) is 9.33. The van der Waals surface area contributed by atoms with Crippen LogP contribution in [-0.4, -0.2) is 60.6 Å². The molecule has 50 heavy (non-hydrogen) atoms. The van der Waals surface area contributed by atoms with Crippen molar-refractivity contribution < 1.29 is 17.7 Å². The lowest BCUT2D eigenvalue weighted by Crippen LogP contribution is -2.54.